The molecule has 0 amide bonds. The minimum Gasteiger partial charge on any atom is -0.394 e. The second-order valence-electron chi connectivity index (χ2n) is 6.73. The van der Waals surface area contributed by atoms with Crippen LogP contribution in [0, 0.1) is 12.3 Å². The van der Waals surface area contributed by atoms with Crippen molar-refractivity contribution in [2.45, 2.75) is 34.7 Å². The number of ether oxygens (including phenoxy) is 2. The molecule has 0 unspecified atom stereocenters. The molecular weight excluding hydrogens is 440 g/mol. The van der Waals surface area contributed by atoms with Crippen molar-refractivity contribution in [2.75, 3.05) is 19.5 Å². The van der Waals surface area contributed by atoms with Crippen molar-refractivity contribution in [1.82, 2.24) is 25.0 Å². The summed E-state index contributed by atoms with van der Waals surface area (Å²) in [6, 6.07) is 1.14. The molecule has 4 rings (SSSR count). The number of aromatic nitrogens is 5. The number of thioether (sulfide) groups is 1. The van der Waals surface area contributed by atoms with E-state index in [2.05, 4.69) is 26.2 Å². The average Bonchev–Trinajstić information content (AvgIpc) is 3.43. The van der Waals surface area contributed by atoms with E-state index in [4.69, 9.17) is 21.6 Å². The number of nitrogens with zero attached hydrogens (tertiary/aromatic N) is 5. The number of rotatable bonds is 6. The van der Waals surface area contributed by atoms with Crippen LogP contribution in [0.2, 0.25) is 0 Å². The molecule has 12 heteroatoms. The molecule has 162 valence electrons. The van der Waals surface area contributed by atoms with Gasteiger partial charge in [-0.25, -0.2) is 9.67 Å². The molecule has 5 atom stereocenters. The van der Waals surface area contributed by atoms with Gasteiger partial charge >= 0.3 is 0 Å². The van der Waals surface area contributed by atoms with Gasteiger partial charge < -0.3 is 25.4 Å². The van der Waals surface area contributed by atoms with Crippen LogP contribution in [0.25, 0.3) is 11.4 Å². The Morgan fingerprint density at radius 1 is 1.42 bits per heavy atom. The highest BCUT2D eigenvalue weighted by Crippen LogP contribution is 2.39. The zero-order valence-corrected chi connectivity index (χ0v) is 18.0. The van der Waals surface area contributed by atoms with Crippen LogP contribution in [-0.4, -0.2) is 72.6 Å². The van der Waals surface area contributed by atoms with Gasteiger partial charge in [-0.05, 0) is 6.07 Å². The normalized spacial score (nSPS) is 25.9. The second-order valence-corrected chi connectivity index (χ2v) is 8.79. The Balaban J connectivity index is 1.65. The largest absolute Gasteiger partial charge is 0.394 e. The zero-order valence-electron chi connectivity index (χ0n) is 16.4. The number of methoxy groups -OCH3 is 1. The van der Waals surface area contributed by atoms with E-state index in [9.17, 15) is 10.2 Å². The van der Waals surface area contributed by atoms with Gasteiger partial charge in [0.25, 0.3) is 0 Å². The highest BCUT2D eigenvalue weighted by Gasteiger charge is 2.47. The number of hydrogen-bond donors (Lipinski definition) is 3. The molecular formula is C19H20N6O4S2. The molecule has 0 spiro atoms. The Kier molecular flexibility index (Phi) is 6.51. The molecule has 0 aliphatic carbocycles. The van der Waals surface area contributed by atoms with E-state index in [-0.39, 0.29) is 6.61 Å². The van der Waals surface area contributed by atoms with E-state index >= 15 is 0 Å². The summed E-state index contributed by atoms with van der Waals surface area (Å²) in [5, 5.41) is 31.2. The first-order chi connectivity index (χ1) is 15.0. The molecule has 1 fully saturated rings. The fraction of sp³-hybridized carbons (Fsp3) is 0.368. The van der Waals surface area contributed by atoms with Gasteiger partial charge in [-0.2, -0.15) is 0 Å². The number of anilines is 1. The van der Waals surface area contributed by atoms with Crippen molar-refractivity contribution in [2.24, 2.45) is 0 Å². The molecule has 1 saturated heterocycles. The third-order valence-electron chi connectivity index (χ3n) is 4.83. The third-order valence-corrected chi connectivity index (χ3v) is 6.61. The minimum atomic E-state index is -1.09. The third kappa shape index (κ3) is 4.42. The molecule has 4 N–H and O–H groups in total. The monoisotopic (exact) mass is 460 g/mol. The van der Waals surface area contributed by atoms with Crippen LogP contribution in [-0.2, 0) is 9.47 Å². The van der Waals surface area contributed by atoms with Crippen molar-refractivity contribution in [3.8, 4) is 23.7 Å². The predicted octanol–water partition coefficient (Wildman–Crippen LogP) is 0.787. The molecule has 10 nitrogen and oxygen atoms in total. The van der Waals surface area contributed by atoms with Gasteiger partial charge in [-0.1, -0.05) is 22.9 Å². The van der Waals surface area contributed by atoms with E-state index in [1.807, 2.05) is 6.07 Å². The number of nitrogen functional groups attached to an aromatic ring is 1. The van der Waals surface area contributed by atoms with Crippen molar-refractivity contribution in [3.63, 3.8) is 0 Å². The molecule has 0 aromatic carbocycles. The quantitative estimate of drug-likeness (QED) is 0.452. The smallest absolute Gasteiger partial charge is 0.180 e. The number of thiazole rings is 1. The van der Waals surface area contributed by atoms with Crippen LogP contribution in [0.4, 0.5) is 5.13 Å². The molecule has 3 aromatic rings. The van der Waals surface area contributed by atoms with Gasteiger partial charge in [-0.3, -0.25) is 4.98 Å². The van der Waals surface area contributed by atoms with E-state index < -0.39 is 29.8 Å². The van der Waals surface area contributed by atoms with Gasteiger partial charge in [-0.15, -0.1) is 22.9 Å². The molecule has 0 radical (unpaired) electrons. The molecule has 1 aliphatic rings. The van der Waals surface area contributed by atoms with Gasteiger partial charge in [0.05, 0.1) is 12.8 Å². The van der Waals surface area contributed by atoms with Crippen LogP contribution in [0.3, 0.4) is 0 Å². The number of terminal acetylenes is 1. The average molecular weight is 461 g/mol. The summed E-state index contributed by atoms with van der Waals surface area (Å²) in [7, 11) is 1.52. The van der Waals surface area contributed by atoms with Crippen molar-refractivity contribution < 1.29 is 19.7 Å². The first-order valence-corrected chi connectivity index (χ1v) is 11.0. The van der Waals surface area contributed by atoms with Gasteiger partial charge in [0, 0.05) is 35.3 Å². The second kappa shape index (κ2) is 9.31. The summed E-state index contributed by atoms with van der Waals surface area (Å²) in [4.78, 5) is 9.12. The van der Waals surface area contributed by atoms with Crippen LogP contribution in [0.15, 0.2) is 34.9 Å². The van der Waals surface area contributed by atoms with E-state index in [1.54, 1.807) is 24.0 Å². The molecule has 1 aliphatic heterocycles. The fourth-order valence-electron chi connectivity index (χ4n) is 3.35. The zero-order chi connectivity index (χ0) is 22.0. The van der Waals surface area contributed by atoms with Crippen LogP contribution >= 0.6 is 23.1 Å². The predicted molar refractivity (Wildman–Crippen MR) is 115 cm³/mol. The standard InChI is InChI=1S/C19H20N6O4S2/c1-3-10-4-11(6-21-5-10)31-18-17(28-2)15(16(27)14(8-26)29-18)25-7-12(23-24-25)13-9-30-19(20)22-13/h1,4-7,9,14-18,26-27H,8H2,2H3,(H2,20,22)/t14-,15+,16+,17-,18-/m1/s1. The highest BCUT2D eigenvalue weighted by atomic mass is 32.2. The molecule has 0 saturated carbocycles. The number of nitrogens with two attached hydrogens (primary N) is 1. The summed E-state index contributed by atoms with van der Waals surface area (Å²) in [5.74, 6) is 2.55. The van der Waals surface area contributed by atoms with E-state index in [1.165, 1.54) is 34.9 Å². The van der Waals surface area contributed by atoms with Gasteiger partial charge in [0.1, 0.15) is 41.2 Å². The van der Waals surface area contributed by atoms with Crippen molar-refractivity contribution in [1.29, 1.82) is 0 Å². The molecule has 3 aromatic heterocycles. The number of aliphatic hydroxyl groups excluding tert-OH is 2. The van der Waals surface area contributed by atoms with E-state index in [0.717, 1.165) is 4.90 Å². The van der Waals surface area contributed by atoms with Crippen LogP contribution in [0.1, 0.15) is 11.6 Å². The number of hydrogen-bond acceptors (Lipinski definition) is 11. The fourth-order valence-corrected chi connectivity index (χ4v) is 5.10. The van der Waals surface area contributed by atoms with Gasteiger partial charge in [0.2, 0.25) is 0 Å². The number of pyridine rings is 1. The van der Waals surface area contributed by atoms with Crippen molar-refractivity contribution >= 4 is 28.2 Å². The molecule has 4 heterocycles. The van der Waals surface area contributed by atoms with Crippen LogP contribution < -0.4 is 5.73 Å². The molecule has 0 bridgehead atoms. The Hall–Kier alpha value is -2.53. The first kappa shape index (κ1) is 21.7. The van der Waals surface area contributed by atoms with E-state index in [0.29, 0.717) is 22.1 Å². The SMILES string of the molecule is C#Cc1cncc(S[C@H]2O[C@H](CO)[C@H](O)[C@H](n3cc(-c4csc(N)n4)nn3)[C@H]2OC)c1. The Bertz CT molecular complexity index is 1080. The first-order valence-electron chi connectivity index (χ1n) is 9.22. The maximum Gasteiger partial charge on any atom is 0.180 e. The summed E-state index contributed by atoms with van der Waals surface area (Å²) < 4.78 is 13.2. The number of aliphatic hydroxyl groups is 2. The lowest BCUT2D eigenvalue weighted by atomic mass is 9.97. The summed E-state index contributed by atoms with van der Waals surface area (Å²) in [6.45, 7) is -0.377. The highest BCUT2D eigenvalue weighted by molar-refractivity contribution is 7.99. The minimum absolute atomic E-state index is 0.377. The Morgan fingerprint density at radius 2 is 2.26 bits per heavy atom. The molecule has 31 heavy (non-hydrogen) atoms. The van der Waals surface area contributed by atoms with Gasteiger partial charge in [0.15, 0.2) is 5.13 Å². The lowest BCUT2D eigenvalue weighted by Gasteiger charge is -2.43. The maximum atomic E-state index is 10.9. The summed E-state index contributed by atoms with van der Waals surface area (Å²) in [5.41, 5.74) is 6.86. The lowest BCUT2D eigenvalue weighted by Crippen LogP contribution is -2.55. The lowest BCUT2D eigenvalue weighted by molar-refractivity contribution is -0.186. The Labute approximate surface area is 186 Å². The summed E-state index contributed by atoms with van der Waals surface area (Å²) in [6.07, 6.45) is 7.83. The van der Waals surface area contributed by atoms with Crippen LogP contribution in [0.5, 0.6) is 0 Å². The Morgan fingerprint density at radius 3 is 2.94 bits per heavy atom. The van der Waals surface area contributed by atoms with Crippen molar-refractivity contribution in [3.05, 3.63) is 35.6 Å². The summed E-state index contributed by atoms with van der Waals surface area (Å²) >= 11 is 2.63. The maximum absolute atomic E-state index is 10.9. The topological polar surface area (TPSA) is 141 Å².